The lowest BCUT2D eigenvalue weighted by Crippen LogP contribution is -2.01. The molecule has 3 N–H and O–H groups in total. The summed E-state index contributed by atoms with van der Waals surface area (Å²) >= 11 is 0. The fraction of sp³-hybridized carbons (Fsp3) is 0.125. The Morgan fingerprint density at radius 3 is 2.64 bits per heavy atom. The number of phenolic OH excluding ortho intramolecular Hbond substituents is 3. The standard InChI is InChI=1S/C16H12N2O4/c17-8-10(5-9-1-4-13(20)14(21)6-9)16-12-3-2-11(19)7-15(12)22-18-16/h1-4,6-7,10,19-21H,5H2. The van der Waals surface area contributed by atoms with Gasteiger partial charge in [0.1, 0.15) is 11.4 Å². The van der Waals surface area contributed by atoms with Crippen molar-refractivity contribution in [2.45, 2.75) is 12.3 Å². The summed E-state index contributed by atoms with van der Waals surface area (Å²) in [4.78, 5) is 0. The molecule has 6 heteroatoms. The van der Waals surface area contributed by atoms with E-state index in [4.69, 9.17) is 4.52 Å². The third-order valence-corrected chi connectivity index (χ3v) is 3.45. The molecular formula is C16H12N2O4. The summed E-state index contributed by atoms with van der Waals surface area (Å²) in [5.41, 5.74) is 1.57. The maximum atomic E-state index is 9.52. The van der Waals surface area contributed by atoms with Gasteiger partial charge in [0.25, 0.3) is 0 Å². The van der Waals surface area contributed by atoms with Crippen molar-refractivity contribution in [1.29, 1.82) is 5.26 Å². The van der Waals surface area contributed by atoms with E-state index in [1.807, 2.05) is 0 Å². The molecule has 6 nitrogen and oxygen atoms in total. The minimum Gasteiger partial charge on any atom is -0.508 e. The van der Waals surface area contributed by atoms with Crippen LogP contribution in [0.3, 0.4) is 0 Å². The number of aromatic hydroxyl groups is 3. The zero-order valence-electron chi connectivity index (χ0n) is 11.4. The summed E-state index contributed by atoms with van der Waals surface area (Å²) in [6.07, 6.45) is 0.312. The van der Waals surface area contributed by atoms with Crippen molar-refractivity contribution in [3.05, 3.63) is 47.7 Å². The van der Waals surface area contributed by atoms with Gasteiger partial charge < -0.3 is 19.8 Å². The quantitative estimate of drug-likeness (QED) is 0.641. The van der Waals surface area contributed by atoms with Crippen LogP contribution in [0.4, 0.5) is 0 Å². The lowest BCUT2D eigenvalue weighted by molar-refractivity contribution is 0.403. The van der Waals surface area contributed by atoms with E-state index in [-0.39, 0.29) is 17.2 Å². The Morgan fingerprint density at radius 1 is 1.09 bits per heavy atom. The summed E-state index contributed by atoms with van der Waals surface area (Å²) in [6.45, 7) is 0. The lowest BCUT2D eigenvalue weighted by atomic mass is 9.95. The summed E-state index contributed by atoms with van der Waals surface area (Å²) in [7, 11) is 0. The van der Waals surface area contributed by atoms with Gasteiger partial charge in [0, 0.05) is 11.5 Å². The van der Waals surface area contributed by atoms with Crippen molar-refractivity contribution < 1.29 is 19.8 Å². The van der Waals surface area contributed by atoms with Crippen LogP contribution >= 0.6 is 0 Å². The normalized spacial score (nSPS) is 12.1. The monoisotopic (exact) mass is 296 g/mol. The summed E-state index contributed by atoms with van der Waals surface area (Å²) < 4.78 is 5.14. The fourth-order valence-electron chi connectivity index (χ4n) is 2.33. The summed E-state index contributed by atoms with van der Waals surface area (Å²) in [6, 6.07) is 11.2. The Labute approximate surface area is 125 Å². The second-order valence-electron chi connectivity index (χ2n) is 4.96. The molecule has 22 heavy (non-hydrogen) atoms. The first-order chi connectivity index (χ1) is 10.6. The molecule has 110 valence electrons. The highest BCUT2D eigenvalue weighted by molar-refractivity contribution is 5.81. The molecule has 2 aromatic carbocycles. The predicted octanol–water partition coefficient (Wildman–Crippen LogP) is 2.79. The minimum absolute atomic E-state index is 0.0622. The van der Waals surface area contributed by atoms with Crippen molar-refractivity contribution >= 4 is 11.0 Å². The number of fused-ring (bicyclic) bond motifs is 1. The van der Waals surface area contributed by atoms with Crippen molar-refractivity contribution in [3.8, 4) is 23.3 Å². The molecule has 3 rings (SSSR count). The van der Waals surface area contributed by atoms with Crippen LogP contribution in [0.15, 0.2) is 40.9 Å². The Hall–Kier alpha value is -3.20. The zero-order valence-corrected chi connectivity index (χ0v) is 11.4. The third kappa shape index (κ3) is 2.40. The van der Waals surface area contributed by atoms with Gasteiger partial charge in [-0.3, -0.25) is 0 Å². The molecule has 0 saturated heterocycles. The second-order valence-corrected chi connectivity index (χ2v) is 4.96. The van der Waals surface area contributed by atoms with Gasteiger partial charge in [-0.15, -0.1) is 0 Å². The first-order valence-corrected chi connectivity index (χ1v) is 6.57. The average molecular weight is 296 g/mol. The molecular weight excluding hydrogens is 284 g/mol. The minimum atomic E-state index is -0.574. The van der Waals surface area contributed by atoms with Gasteiger partial charge in [0.05, 0.1) is 12.0 Å². The Balaban J connectivity index is 1.96. The lowest BCUT2D eigenvalue weighted by Gasteiger charge is -2.07. The van der Waals surface area contributed by atoms with Crippen molar-refractivity contribution in [2.75, 3.05) is 0 Å². The van der Waals surface area contributed by atoms with E-state index in [1.165, 1.54) is 24.3 Å². The molecule has 0 fully saturated rings. The smallest absolute Gasteiger partial charge is 0.170 e. The molecule has 1 unspecified atom stereocenters. The van der Waals surface area contributed by atoms with E-state index < -0.39 is 5.92 Å². The van der Waals surface area contributed by atoms with Crippen molar-refractivity contribution in [1.82, 2.24) is 5.16 Å². The molecule has 1 heterocycles. The van der Waals surface area contributed by atoms with E-state index in [1.54, 1.807) is 12.1 Å². The number of hydrogen-bond acceptors (Lipinski definition) is 6. The van der Waals surface area contributed by atoms with Gasteiger partial charge in [0.2, 0.25) is 0 Å². The molecule has 0 aliphatic rings. The number of aromatic nitrogens is 1. The van der Waals surface area contributed by atoms with E-state index in [0.29, 0.717) is 28.6 Å². The second kappa shape index (κ2) is 5.30. The highest BCUT2D eigenvalue weighted by atomic mass is 16.5. The number of phenols is 3. The third-order valence-electron chi connectivity index (χ3n) is 3.45. The van der Waals surface area contributed by atoms with Gasteiger partial charge >= 0.3 is 0 Å². The van der Waals surface area contributed by atoms with Crippen LogP contribution in [0, 0.1) is 11.3 Å². The van der Waals surface area contributed by atoms with Crippen LogP contribution in [0.25, 0.3) is 11.0 Å². The SMILES string of the molecule is N#CC(Cc1ccc(O)c(O)c1)c1noc2cc(O)ccc12. The molecule has 0 radical (unpaired) electrons. The molecule has 0 saturated carbocycles. The van der Waals surface area contributed by atoms with Gasteiger partial charge in [-0.05, 0) is 36.2 Å². The number of rotatable bonds is 3. The van der Waals surface area contributed by atoms with Gasteiger partial charge in [-0.2, -0.15) is 5.26 Å². The fourth-order valence-corrected chi connectivity index (χ4v) is 2.33. The summed E-state index contributed by atoms with van der Waals surface area (Å²) in [5.74, 6) is -0.953. The highest BCUT2D eigenvalue weighted by Crippen LogP contribution is 2.31. The van der Waals surface area contributed by atoms with Crippen molar-refractivity contribution in [2.24, 2.45) is 0 Å². The molecule has 1 aromatic heterocycles. The Kier molecular flexibility index (Phi) is 3.31. The van der Waals surface area contributed by atoms with Gasteiger partial charge in [-0.1, -0.05) is 11.2 Å². The van der Waals surface area contributed by atoms with Gasteiger partial charge in [-0.25, -0.2) is 0 Å². The largest absolute Gasteiger partial charge is 0.508 e. The highest BCUT2D eigenvalue weighted by Gasteiger charge is 2.20. The Morgan fingerprint density at radius 2 is 1.91 bits per heavy atom. The molecule has 3 aromatic rings. The molecule has 0 spiro atoms. The molecule has 0 aliphatic carbocycles. The van der Waals surface area contributed by atoms with E-state index in [9.17, 15) is 20.6 Å². The van der Waals surface area contributed by atoms with E-state index in [2.05, 4.69) is 11.2 Å². The average Bonchev–Trinajstić information content (AvgIpc) is 2.91. The number of nitrogens with zero attached hydrogens (tertiary/aromatic N) is 2. The number of hydrogen-bond donors (Lipinski definition) is 3. The first-order valence-electron chi connectivity index (χ1n) is 6.57. The topological polar surface area (TPSA) is 111 Å². The van der Waals surface area contributed by atoms with Crippen LogP contribution < -0.4 is 0 Å². The van der Waals surface area contributed by atoms with Crippen LogP contribution in [0.2, 0.25) is 0 Å². The Bertz CT molecular complexity index is 879. The summed E-state index contributed by atoms with van der Waals surface area (Å²) in [5, 5.41) is 42.3. The van der Waals surface area contributed by atoms with Crippen LogP contribution in [-0.4, -0.2) is 20.5 Å². The van der Waals surface area contributed by atoms with Crippen LogP contribution in [0.5, 0.6) is 17.2 Å². The number of benzene rings is 2. The van der Waals surface area contributed by atoms with E-state index in [0.717, 1.165) is 0 Å². The maximum absolute atomic E-state index is 9.52. The van der Waals surface area contributed by atoms with Crippen molar-refractivity contribution in [3.63, 3.8) is 0 Å². The van der Waals surface area contributed by atoms with Gasteiger partial charge in [0.15, 0.2) is 17.1 Å². The predicted molar refractivity (Wildman–Crippen MR) is 77.5 cm³/mol. The number of nitriles is 1. The zero-order chi connectivity index (χ0) is 15.7. The molecule has 0 bridgehead atoms. The molecule has 0 amide bonds. The maximum Gasteiger partial charge on any atom is 0.170 e. The van der Waals surface area contributed by atoms with Crippen LogP contribution in [0.1, 0.15) is 17.2 Å². The van der Waals surface area contributed by atoms with E-state index >= 15 is 0 Å². The molecule has 1 atom stereocenters. The molecule has 0 aliphatic heterocycles. The first kappa shape index (κ1) is 13.8. The van der Waals surface area contributed by atoms with Crippen LogP contribution in [-0.2, 0) is 6.42 Å².